The fourth-order valence-electron chi connectivity index (χ4n) is 6.37. The van der Waals surface area contributed by atoms with Gasteiger partial charge < -0.3 is 46.3 Å². The van der Waals surface area contributed by atoms with Crippen molar-refractivity contribution in [3.63, 3.8) is 0 Å². The number of thiazole rings is 1. The summed E-state index contributed by atoms with van der Waals surface area (Å²) in [5.74, 6) is -1.41. The Balaban J connectivity index is 1.28. The zero-order chi connectivity index (χ0) is 42.9. The molecule has 0 radical (unpaired) electrons. The number of thioether (sulfide) groups is 1. The van der Waals surface area contributed by atoms with E-state index in [9.17, 15) is 29.1 Å². The Morgan fingerprint density at radius 2 is 1.78 bits per heavy atom. The van der Waals surface area contributed by atoms with Gasteiger partial charge >= 0.3 is 12.1 Å². The van der Waals surface area contributed by atoms with Crippen molar-refractivity contribution >= 4 is 73.8 Å². The molecule has 4 aromatic rings. The van der Waals surface area contributed by atoms with Crippen LogP contribution in [0, 0.1) is 0 Å². The van der Waals surface area contributed by atoms with Gasteiger partial charge in [0.05, 0.1) is 22.6 Å². The van der Waals surface area contributed by atoms with E-state index in [1.807, 2.05) is 50.5 Å². The van der Waals surface area contributed by atoms with E-state index in [0.29, 0.717) is 64.9 Å². The van der Waals surface area contributed by atoms with E-state index >= 15 is 0 Å². The third-order valence-electron chi connectivity index (χ3n) is 9.55. The summed E-state index contributed by atoms with van der Waals surface area (Å²) in [6.45, 7) is 3.12. The van der Waals surface area contributed by atoms with Gasteiger partial charge in [0.15, 0.2) is 6.04 Å². The number of ether oxygens (including phenoxy) is 1. The maximum Gasteiger partial charge on any atom is 0.408 e. The molecule has 4 amide bonds. The van der Waals surface area contributed by atoms with Crippen LogP contribution in [0.25, 0.3) is 10.2 Å². The molecule has 7 N–H and O–H groups in total. The minimum absolute atomic E-state index is 0.0424. The molecule has 0 saturated carbocycles. The Kier molecular flexibility index (Phi) is 17.8. The molecular weight excluding hydrogens is 809 g/mol. The average Bonchev–Trinajstić information content (AvgIpc) is 4.01. The van der Waals surface area contributed by atoms with E-state index in [4.69, 9.17) is 4.74 Å². The number of hydrogen-bond donors (Lipinski definition) is 7. The number of nitrogens with one attached hydrogen (secondary N) is 6. The summed E-state index contributed by atoms with van der Waals surface area (Å²) in [6, 6.07) is 11.8. The second-order valence-electron chi connectivity index (χ2n) is 14.8. The molecule has 2 aromatic heterocycles. The Bertz CT molecular complexity index is 2060. The standard InChI is InChI=1S/C41H54N10O7S2/c1-26(52)43-17-9-7-14-32(36(53)46-28-15-16-31-35(20-28)60-39(48-31)38-49-34(24-59-38)40(55)56)44-22-29(13-8-10-18-51(2)3)47-37(54)33(19-30-21-42-25-45-30)50-41(57)58-23-27-11-5-4-6-12-27/h4-6,11-12,15-16,20-21,25,29,32-34,44H,7-10,13-14,17-19,22-24H2,1-3H3,(H,42,45)(H,43,52)(H,46,53)(H,47,54)(H,50,57)(H,55,56). The number of rotatable bonds is 24. The number of aromatic nitrogens is 3. The van der Waals surface area contributed by atoms with Gasteiger partial charge in [0.25, 0.3) is 0 Å². The van der Waals surface area contributed by atoms with Crippen molar-refractivity contribution in [1.29, 1.82) is 0 Å². The molecule has 2 aromatic carbocycles. The van der Waals surface area contributed by atoms with Crippen molar-refractivity contribution in [2.45, 2.75) is 82.6 Å². The van der Waals surface area contributed by atoms with Gasteiger partial charge in [-0.15, -0.1) is 23.1 Å². The Morgan fingerprint density at radius 3 is 2.50 bits per heavy atom. The number of amides is 4. The number of alkyl carbamates (subject to hydrolysis) is 1. The first-order valence-corrected chi connectivity index (χ1v) is 21.8. The number of aromatic amines is 1. The van der Waals surface area contributed by atoms with Gasteiger partial charge in [-0.25, -0.2) is 19.6 Å². The van der Waals surface area contributed by atoms with Crippen LogP contribution < -0.4 is 26.6 Å². The Morgan fingerprint density at radius 1 is 0.983 bits per heavy atom. The van der Waals surface area contributed by atoms with Gasteiger partial charge in [0, 0.05) is 55.8 Å². The lowest BCUT2D eigenvalue weighted by Crippen LogP contribution is -2.54. The van der Waals surface area contributed by atoms with Gasteiger partial charge in [-0.1, -0.05) is 36.8 Å². The monoisotopic (exact) mass is 862 g/mol. The lowest BCUT2D eigenvalue weighted by atomic mass is 10.0. The molecule has 17 nitrogen and oxygen atoms in total. The van der Waals surface area contributed by atoms with Crippen LogP contribution in [0.1, 0.15) is 61.7 Å². The van der Waals surface area contributed by atoms with Crippen LogP contribution in [0.15, 0.2) is 66.0 Å². The van der Waals surface area contributed by atoms with Crippen LogP contribution in [0.5, 0.6) is 0 Å². The highest BCUT2D eigenvalue weighted by Crippen LogP contribution is 2.31. The summed E-state index contributed by atoms with van der Waals surface area (Å²) in [5.41, 5.74) is 2.74. The number of anilines is 1. The number of carbonyl (C=O) groups excluding carboxylic acids is 4. The Hall–Kier alpha value is -5.37. The third-order valence-corrected chi connectivity index (χ3v) is 11.8. The van der Waals surface area contributed by atoms with Crippen LogP contribution in [0.4, 0.5) is 10.5 Å². The summed E-state index contributed by atoms with van der Waals surface area (Å²) in [6.07, 6.45) is 6.58. The second-order valence-corrected chi connectivity index (χ2v) is 16.8. The van der Waals surface area contributed by atoms with E-state index in [1.54, 1.807) is 18.3 Å². The topological polar surface area (TPSA) is 232 Å². The fourth-order valence-corrected chi connectivity index (χ4v) is 8.47. The highest BCUT2D eigenvalue weighted by atomic mass is 32.2. The summed E-state index contributed by atoms with van der Waals surface area (Å²) in [5, 5.41) is 25.7. The normalized spacial score (nSPS) is 15.2. The molecule has 4 atom stereocenters. The quantitative estimate of drug-likeness (QED) is 0.0497. The maximum atomic E-state index is 14.0. The van der Waals surface area contributed by atoms with Crippen LogP contribution in [-0.4, -0.2) is 123 Å². The molecule has 1 aliphatic rings. The molecule has 60 heavy (non-hydrogen) atoms. The fraction of sp³-hybridized carbons (Fsp3) is 0.463. The molecule has 0 spiro atoms. The summed E-state index contributed by atoms with van der Waals surface area (Å²) >= 11 is 2.74. The highest BCUT2D eigenvalue weighted by Gasteiger charge is 2.28. The number of imidazole rings is 1. The zero-order valence-corrected chi connectivity index (χ0v) is 35.7. The molecule has 4 unspecified atom stereocenters. The van der Waals surface area contributed by atoms with Crippen LogP contribution in [-0.2, 0) is 36.9 Å². The van der Waals surface area contributed by atoms with E-state index in [1.165, 1.54) is 36.3 Å². The van der Waals surface area contributed by atoms with Gasteiger partial charge in [0.1, 0.15) is 22.7 Å². The first-order valence-electron chi connectivity index (χ1n) is 20.0. The molecule has 0 fully saturated rings. The summed E-state index contributed by atoms with van der Waals surface area (Å²) < 4.78 is 6.26. The molecule has 19 heteroatoms. The predicted molar refractivity (Wildman–Crippen MR) is 233 cm³/mol. The number of H-pyrrole nitrogens is 1. The highest BCUT2D eigenvalue weighted by molar-refractivity contribution is 8.15. The van der Waals surface area contributed by atoms with E-state index < -0.39 is 42.1 Å². The Labute approximate surface area is 357 Å². The summed E-state index contributed by atoms with van der Waals surface area (Å²) in [4.78, 5) is 81.9. The minimum Gasteiger partial charge on any atom is -0.480 e. The largest absolute Gasteiger partial charge is 0.480 e. The van der Waals surface area contributed by atoms with E-state index in [0.717, 1.165) is 29.6 Å². The van der Waals surface area contributed by atoms with E-state index in [-0.39, 0.29) is 31.4 Å². The van der Waals surface area contributed by atoms with Crippen molar-refractivity contribution in [3.05, 3.63) is 77.3 Å². The van der Waals surface area contributed by atoms with Crippen LogP contribution in [0.2, 0.25) is 0 Å². The number of unbranched alkanes of at least 4 members (excludes halogenated alkanes) is 2. The predicted octanol–water partition coefficient (Wildman–Crippen LogP) is 3.92. The molecule has 0 aliphatic carbocycles. The number of carboxylic acid groups (broad SMARTS) is 1. The van der Waals surface area contributed by atoms with Crippen molar-refractivity contribution in [3.8, 4) is 0 Å². The van der Waals surface area contributed by atoms with Crippen molar-refractivity contribution in [2.75, 3.05) is 44.8 Å². The first-order chi connectivity index (χ1) is 28.9. The van der Waals surface area contributed by atoms with Crippen molar-refractivity contribution < 1.29 is 33.8 Å². The second kappa shape index (κ2) is 23.4. The number of nitrogens with zero attached hydrogens (tertiary/aromatic N) is 4. The average molecular weight is 863 g/mol. The zero-order valence-electron chi connectivity index (χ0n) is 34.1. The lowest BCUT2D eigenvalue weighted by Gasteiger charge is -2.26. The van der Waals surface area contributed by atoms with Crippen LogP contribution in [0.3, 0.4) is 0 Å². The smallest absolute Gasteiger partial charge is 0.408 e. The number of carboxylic acids is 1. The SMILES string of the molecule is CC(=O)NCCCCC(NCC(CCCCN(C)C)NC(=O)C(Cc1cnc[nH]1)NC(=O)OCc1ccccc1)C(=O)Nc1ccc2nc(C3=NC(C(=O)O)CS3)sc2c1. The number of hydrogen-bond acceptors (Lipinski definition) is 13. The van der Waals surface area contributed by atoms with Gasteiger partial charge in [0.2, 0.25) is 17.7 Å². The van der Waals surface area contributed by atoms with Gasteiger partial charge in [-0.3, -0.25) is 19.4 Å². The number of fused-ring (bicyclic) bond motifs is 1. The number of carbonyl (C=O) groups is 5. The molecule has 5 rings (SSSR count). The van der Waals surface area contributed by atoms with Crippen LogP contribution >= 0.6 is 23.1 Å². The van der Waals surface area contributed by atoms with E-state index in [2.05, 4.69) is 51.4 Å². The molecule has 3 heterocycles. The first kappa shape index (κ1) is 45.7. The van der Waals surface area contributed by atoms with Gasteiger partial charge in [-0.05, 0) is 76.5 Å². The lowest BCUT2D eigenvalue weighted by molar-refractivity contribution is -0.137. The number of aliphatic carboxylic acids is 1. The molecular formula is C41H54N10O7S2. The molecule has 0 saturated heterocycles. The number of aliphatic imine (C=N–C) groups is 1. The van der Waals surface area contributed by atoms with Gasteiger partial charge in [-0.2, -0.15) is 0 Å². The third kappa shape index (κ3) is 15.0. The van der Waals surface area contributed by atoms with Crippen molar-refractivity contribution in [2.24, 2.45) is 4.99 Å². The maximum absolute atomic E-state index is 14.0. The minimum atomic E-state index is -0.981. The molecule has 0 bridgehead atoms. The van der Waals surface area contributed by atoms with Crippen molar-refractivity contribution in [1.82, 2.24) is 41.1 Å². The molecule has 1 aliphatic heterocycles. The summed E-state index contributed by atoms with van der Waals surface area (Å²) in [7, 11) is 4.01. The molecule has 322 valence electrons. The number of benzene rings is 2.